The van der Waals surface area contributed by atoms with Crippen LogP contribution in [0, 0.1) is 12.7 Å². The molecule has 0 bridgehead atoms. The second-order valence-corrected chi connectivity index (χ2v) is 6.92. The molecule has 2 heterocycles. The number of halogens is 1. The van der Waals surface area contributed by atoms with Gasteiger partial charge in [0.1, 0.15) is 17.4 Å². The van der Waals surface area contributed by atoms with E-state index in [-0.39, 0.29) is 5.82 Å². The number of aryl methyl sites for hydroxylation is 3. The van der Waals surface area contributed by atoms with E-state index >= 15 is 0 Å². The van der Waals surface area contributed by atoms with Gasteiger partial charge in [-0.15, -0.1) is 0 Å². The van der Waals surface area contributed by atoms with E-state index in [1.54, 1.807) is 23.0 Å². The molecule has 8 heteroatoms. The summed E-state index contributed by atoms with van der Waals surface area (Å²) in [4.78, 5) is 8.75. The minimum absolute atomic E-state index is 0.300. The molecule has 0 aliphatic rings. The molecular weight excluding hydrogens is 383 g/mol. The third kappa shape index (κ3) is 4.87. The van der Waals surface area contributed by atoms with Crippen molar-refractivity contribution in [3.05, 3.63) is 64.8 Å². The first kappa shape index (κ1) is 21.5. The first-order valence-corrected chi connectivity index (χ1v) is 10.3. The molecule has 7 nitrogen and oxygen atoms in total. The van der Waals surface area contributed by atoms with Crippen molar-refractivity contribution in [2.45, 2.75) is 53.6 Å². The topological polar surface area (TPSA) is 80.3 Å². The molecule has 0 saturated carbocycles. The molecule has 0 unspecified atom stereocenters. The van der Waals surface area contributed by atoms with E-state index in [0.29, 0.717) is 24.7 Å². The number of hydrogen-bond donors (Lipinski definition) is 2. The number of hydrogen-bond acceptors (Lipinski definition) is 4. The maximum atomic E-state index is 14.6. The summed E-state index contributed by atoms with van der Waals surface area (Å²) < 4.78 is 21.8. The highest BCUT2D eigenvalue weighted by atomic mass is 19.1. The second-order valence-electron chi connectivity index (χ2n) is 6.92. The number of aliphatic imine (C=N–C) groups is 1. The maximum Gasteiger partial charge on any atom is 0.191 e. The Hall–Kier alpha value is -3.16. The van der Waals surface area contributed by atoms with Gasteiger partial charge in [0.2, 0.25) is 0 Å². The molecular formula is C22H29FN6O. The van der Waals surface area contributed by atoms with Crippen LogP contribution in [0.4, 0.5) is 4.39 Å². The highest BCUT2D eigenvalue weighted by Gasteiger charge is 2.14. The van der Waals surface area contributed by atoms with Crippen LogP contribution >= 0.6 is 0 Å². The SMILES string of the molecule is CCNC(=NCc1ccc(-n2ccnc2C)c(F)c1)NCc1c(CC)noc1CC. The van der Waals surface area contributed by atoms with Crippen molar-refractivity contribution in [3.8, 4) is 5.69 Å². The highest BCUT2D eigenvalue weighted by molar-refractivity contribution is 5.79. The molecule has 0 aliphatic heterocycles. The fraction of sp³-hybridized carbons (Fsp3) is 0.409. The molecule has 0 saturated heterocycles. The van der Waals surface area contributed by atoms with E-state index in [1.165, 1.54) is 6.07 Å². The van der Waals surface area contributed by atoms with Gasteiger partial charge in [-0.05, 0) is 38.0 Å². The van der Waals surface area contributed by atoms with Gasteiger partial charge in [0.05, 0.1) is 17.9 Å². The van der Waals surface area contributed by atoms with Crippen LogP contribution in [0.1, 0.15) is 49.2 Å². The van der Waals surface area contributed by atoms with Crippen LogP contribution in [-0.4, -0.2) is 27.2 Å². The van der Waals surface area contributed by atoms with Crippen molar-refractivity contribution in [2.75, 3.05) is 6.54 Å². The lowest BCUT2D eigenvalue weighted by Crippen LogP contribution is -2.37. The number of imidazole rings is 1. The average Bonchev–Trinajstić information content (AvgIpc) is 3.35. The summed E-state index contributed by atoms with van der Waals surface area (Å²) in [5.41, 5.74) is 3.31. The van der Waals surface area contributed by atoms with Crippen molar-refractivity contribution in [2.24, 2.45) is 4.99 Å². The zero-order valence-electron chi connectivity index (χ0n) is 18.0. The fourth-order valence-electron chi connectivity index (χ4n) is 3.30. The van der Waals surface area contributed by atoms with Gasteiger partial charge >= 0.3 is 0 Å². The molecule has 1 aromatic carbocycles. The minimum Gasteiger partial charge on any atom is -0.361 e. The van der Waals surface area contributed by atoms with Crippen LogP contribution in [0.2, 0.25) is 0 Å². The number of guanidine groups is 1. The number of nitrogens with zero attached hydrogens (tertiary/aromatic N) is 4. The van der Waals surface area contributed by atoms with Gasteiger partial charge in [-0.25, -0.2) is 14.4 Å². The van der Waals surface area contributed by atoms with Gasteiger partial charge in [-0.2, -0.15) is 0 Å². The first-order chi connectivity index (χ1) is 14.6. The Balaban J connectivity index is 1.71. The number of benzene rings is 1. The smallest absolute Gasteiger partial charge is 0.191 e. The van der Waals surface area contributed by atoms with Crippen molar-refractivity contribution in [3.63, 3.8) is 0 Å². The summed E-state index contributed by atoms with van der Waals surface area (Å²) in [6, 6.07) is 5.16. The van der Waals surface area contributed by atoms with Crippen molar-refractivity contribution in [1.29, 1.82) is 0 Å². The zero-order chi connectivity index (χ0) is 21.5. The molecule has 30 heavy (non-hydrogen) atoms. The number of nitrogens with one attached hydrogen (secondary N) is 2. The number of aromatic nitrogens is 3. The van der Waals surface area contributed by atoms with Gasteiger partial charge < -0.3 is 19.7 Å². The molecule has 0 fully saturated rings. The molecule has 0 aliphatic carbocycles. The van der Waals surface area contributed by atoms with Gasteiger partial charge in [0.25, 0.3) is 0 Å². The molecule has 2 N–H and O–H groups in total. The van der Waals surface area contributed by atoms with Crippen molar-refractivity contribution < 1.29 is 8.91 Å². The summed E-state index contributed by atoms with van der Waals surface area (Å²) >= 11 is 0. The predicted molar refractivity (Wildman–Crippen MR) is 115 cm³/mol. The van der Waals surface area contributed by atoms with Gasteiger partial charge in [-0.1, -0.05) is 25.1 Å². The summed E-state index contributed by atoms with van der Waals surface area (Å²) in [6.07, 6.45) is 5.01. The third-order valence-corrected chi connectivity index (χ3v) is 4.90. The van der Waals surface area contributed by atoms with Crippen LogP contribution in [-0.2, 0) is 25.9 Å². The fourth-order valence-corrected chi connectivity index (χ4v) is 3.30. The summed E-state index contributed by atoms with van der Waals surface area (Å²) in [5.74, 6) is 2.00. The molecule has 0 atom stereocenters. The lowest BCUT2D eigenvalue weighted by atomic mass is 10.1. The Bertz CT molecular complexity index is 985. The van der Waals surface area contributed by atoms with E-state index in [4.69, 9.17) is 4.52 Å². The zero-order valence-corrected chi connectivity index (χ0v) is 18.0. The average molecular weight is 413 g/mol. The van der Waals surface area contributed by atoms with E-state index in [1.807, 2.05) is 26.8 Å². The Morgan fingerprint density at radius 2 is 2.03 bits per heavy atom. The highest BCUT2D eigenvalue weighted by Crippen LogP contribution is 2.18. The van der Waals surface area contributed by atoms with E-state index in [9.17, 15) is 4.39 Å². The van der Waals surface area contributed by atoms with Crippen LogP contribution in [0.3, 0.4) is 0 Å². The van der Waals surface area contributed by atoms with Crippen LogP contribution < -0.4 is 10.6 Å². The predicted octanol–water partition coefficient (Wildman–Crippen LogP) is 3.69. The van der Waals surface area contributed by atoms with Crippen LogP contribution in [0.15, 0.2) is 40.1 Å². The van der Waals surface area contributed by atoms with E-state index < -0.39 is 0 Å². The van der Waals surface area contributed by atoms with Gasteiger partial charge in [-0.3, -0.25) is 0 Å². The standard InChI is InChI=1S/C22H29FN6O/c1-5-19-17(21(6-2)30-28-19)14-27-22(24-7-3)26-13-16-8-9-20(18(23)12-16)29-11-10-25-15(29)4/h8-12H,5-7,13-14H2,1-4H3,(H2,24,26,27). The summed E-state index contributed by atoms with van der Waals surface area (Å²) in [7, 11) is 0. The molecule has 2 aromatic heterocycles. The molecule has 3 rings (SSSR count). The van der Waals surface area contributed by atoms with Gasteiger partial charge in [0, 0.05) is 37.5 Å². The normalized spacial score (nSPS) is 11.7. The summed E-state index contributed by atoms with van der Waals surface area (Å²) in [5, 5.41) is 10.7. The van der Waals surface area contributed by atoms with Crippen LogP contribution in [0.25, 0.3) is 5.69 Å². The maximum absolute atomic E-state index is 14.6. The molecule has 0 amide bonds. The lowest BCUT2D eigenvalue weighted by Gasteiger charge is -2.12. The Kier molecular flexibility index (Phi) is 7.21. The van der Waals surface area contributed by atoms with Gasteiger partial charge in [0.15, 0.2) is 5.96 Å². The molecule has 0 spiro atoms. The quantitative estimate of drug-likeness (QED) is 0.436. The van der Waals surface area contributed by atoms with Crippen molar-refractivity contribution >= 4 is 5.96 Å². The largest absolute Gasteiger partial charge is 0.361 e. The Morgan fingerprint density at radius 1 is 1.20 bits per heavy atom. The van der Waals surface area contributed by atoms with Crippen molar-refractivity contribution in [1.82, 2.24) is 25.3 Å². The molecule has 160 valence electrons. The van der Waals surface area contributed by atoms with Crippen LogP contribution in [0.5, 0.6) is 0 Å². The number of rotatable bonds is 8. The van der Waals surface area contributed by atoms with E-state index in [2.05, 4.69) is 32.7 Å². The Morgan fingerprint density at radius 3 is 2.67 bits per heavy atom. The lowest BCUT2D eigenvalue weighted by molar-refractivity contribution is 0.380. The second kappa shape index (κ2) is 10.0. The monoisotopic (exact) mass is 412 g/mol. The first-order valence-electron chi connectivity index (χ1n) is 10.3. The molecule has 3 aromatic rings. The molecule has 0 radical (unpaired) electrons. The minimum atomic E-state index is -0.300. The van der Waals surface area contributed by atoms with E-state index in [0.717, 1.165) is 47.8 Å². The summed E-state index contributed by atoms with van der Waals surface area (Å²) in [6.45, 7) is 9.62. The third-order valence-electron chi connectivity index (χ3n) is 4.90. The Labute approximate surface area is 176 Å².